The number of aliphatic imine (C=N–C) groups is 1. The number of anilines is 1. The van der Waals surface area contributed by atoms with Crippen LogP contribution in [0.2, 0.25) is 0 Å². The van der Waals surface area contributed by atoms with Crippen molar-refractivity contribution in [1.29, 1.82) is 0 Å². The first-order valence-electron chi connectivity index (χ1n) is 4.80. The number of hydrogen-bond acceptors (Lipinski definition) is 3. The molecule has 3 nitrogen and oxygen atoms in total. The van der Waals surface area contributed by atoms with Gasteiger partial charge in [0.15, 0.2) is 6.23 Å². The Balaban J connectivity index is 2.38. The zero-order chi connectivity index (χ0) is 10.1. The third kappa shape index (κ3) is 1.51. The molecule has 0 saturated heterocycles. The maximum Gasteiger partial charge on any atom is 0.175 e. The van der Waals surface area contributed by atoms with E-state index in [9.17, 15) is 5.11 Å². The van der Waals surface area contributed by atoms with Crippen LogP contribution in [-0.2, 0) is 0 Å². The van der Waals surface area contributed by atoms with Crippen LogP contribution in [0.25, 0.3) is 0 Å². The van der Waals surface area contributed by atoms with E-state index in [1.165, 1.54) is 0 Å². The number of para-hydroxylation sites is 1. The van der Waals surface area contributed by atoms with Crippen molar-refractivity contribution in [3.05, 3.63) is 29.8 Å². The van der Waals surface area contributed by atoms with Gasteiger partial charge in [0.1, 0.15) is 5.84 Å². The number of hydrogen-bond donors (Lipinski definition) is 2. The summed E-state index contributed by atoms with van der Waals surface area (Å²) in [6, 6.07) is 7.69. The van der Waals surface area contributed by atoms with Crippen LogP contribution in [-0.4, -0.2) is 10.9 Å². The molecule has 1 atom stereocenters. The van der Waals surface area contributed by atoms with Gasteiger partial charge in [0.05, 0.1) is 0 Å². The minimum absolute atomic E-state index is 0.304. The minimum atomic E-state index is -0.718. The number of benzene rings is 1. The lowest BCUT2D eigenvalue weighted by molar-refractivity contribution is 0.187. The molecule has 0 saturated carbocycles. The van der Waals surface area contributed by atoms with E-state index in [0.29, 0.717) is 5.92 Å². The third-order valence-electron chi connectivity index (χ3n) is 2.31. The summed E-state index contributed by atoms with van der Waals surface area (Å²) in [4.78, 5) is 4.18. The van der Waals surface area contributed by atoms with Gasteiger partial charge in [-0.1, -0.05) is 32.0 Å². The third-order valence-corrected chi connectivity index (χ3v) is 2.31. The van der Waals surface area contributed by atoms with Gasteiger partial charge in [-0.3, -0.25) is 0 Å². The van der Waals surface area contributed by atoms with Crippen molar-refractivity contribution < 1.29 is 5.11 Å². The fourth-order valence-electron chi connectivity index (χ4n) is 1.50. The highest BCUT2D eigenvalue weighted by Gasteiger charge is 2.19. The van der Waals surface area contributed by atoms with Gasteiger partial charge in [-0.05, 0) is 6.07 Å². The second kappa shape index (κ2) is 3.42. The van der Waals surface area contributed by atoms with E-state index in [2.05, 4.69) is 10.3 Å². The number of fused-ring (bicyclic) bond motifs is 1. The highest BCUT2D eigenvalue weighted by molar-refractivity contribution is 5.98. The molecule has 0 radical (unpaired) electrons. The topological polar surface area (TPSA) is 44.6 Å². The lowest BCUT2D eigenvalue weighted by Gasteiger charge is -2.23. The molecule has 14 heavy (non-hydrogen) atoms. The van der Waals surface area contributed by atoms with Gasteiger partial charge in [0, 0.05) is 17.2 Å². The quantitative estimate of drug-likeness (QED) is 0.712. The molecule has 0 aromatic heterocycles. The Hall–Kier alpha value is -1.35. The van der Waals surface area contributed by atoms with E-state index in [-0.39, 0.29) is 0 Å². The summed E-state index contributed by atoms with van der Waals surface area (Å²) in [6.07, 6.45) is -0.718. The first kappa shape index (κ1) is 9.21. The molecule has 1 unspecified atom stereocenters. The van der Waals surface area contributed by atoms with Crippen molar-refractivity contribution in [2.45, 2.75) is 20.1 Å². The van der Waals surface area contributed by atoms with E-state index in [1.54, 1.807) is 0 Å². The monoisotopic (exact) mass is 190 g/mol. The molecule has 3 heteroatoms. The van der Waals surface area contributed by atoms with Crippen LogP contribution in [0.1, 0.15) is 25.6 Å². The van der Waals surface area contributed by atoms with Crippen molar-refractivity contribution >= 4 is 11.5 Å². The zero-order valence-electron chi connectivity index (χ0n) is 8.36. The highest BCUT2D eigenvalue weighted by atomic mass is 16.3. The van der Waals surface area contributed by atoms with Crippen molar-refractivity contribution in [2.75, 3.05) is 5.32 Å². The van der Waals surface area contributed by atoms with E-state index in [4.69, 9.17) is 0 Å². The smallest absolute Gasteiger partial charge is 0.175 e. The maximum absolute atomic E-state index is 9.75. The Morgan fingerprint density at radius 2 is 2.07 bits per heavy atom. The number of nitrogens with zero attached hydrogens (tertiary/aromatic N) is 1. The van der Waals surface area contributed by atoms with Crippen LogP contribution in [0, 0.1) is 5.92 Å². The van der Waals surface area contributed by atoms with Gasteiger partial charge in [0.25, 0.3) is 0 Å². The molecule has 0 spiro atoms. The standard InChI is InChI=1S/C11H14N2O/c1-7(2)10-12-9-6-4-3-5-8(9)11(14)13-10/h3-7,11,14H,1-2H3,(H,12,13). The van der Waals surface area contributed by atoms with E-state index >= 15 is 0 Å². The van der Waals surface area contributed by atoms with Crippen LogP contribution < -0.4 is 5.32 Å². The summed E-state index contributed by atoms with van der Waals surface area (Å²) < 4.78 is 0. The lowest BCUT2D eigenvalue weighted by atomic mass is 10.1. The second-order valence-electron chi connectivity index (χ2n) is 3.75. The SMILES string of the molecule is CC(C)C1=NC(O)c2ccccc2N1. The van der Waals surface area contributed by atoms with Crippen LogP contribution >= 0.6 is 0 Å². The van der Waals surface area contributed by atoms with E-state index < -0.39 is 6.23 Å². The van der Waals surface area contributed by atoms with Gasteiger partial charge in [-0.2, -0.15) is 0 Å². The molecular weight excluding hydrogens is 176 g/mol. The van der Waals surface area contributed by atoms with Crippen molar-refractivity contribution in [3.8, 4) is 0 Å². The first-order chi connectivity index (χ1) is 6.68. The Morgan fingerprint density at radius 1 is 1.36 bits per heavy atom. The number of aliphatic hydroxyl groups excluding tert-OH is 1. The molecule has 2 rings (SSSR count). The van der Waals surface area contributed by atoms with E-state index in [1.807, 2.05) is 38.1 Å². The molecule has 0 bridgehead atoms. The second-order valence-corrected chi connectivity index (χ2v) is 3.75. The number of aliphatic hydroxyl groups is 1. The van der Waals surface area contributed by atoms with Gasteiger partial charge in [-0.25, -0.2) is 4.99 Å². The maximum atomic E-state index is 9.75. The fourth-order valence-corrected chi connectivity index (χ4v) is 1.50. The van der Waals surface area contributed by atoms with Crippen molar-refractivity contribution in [1.82, 2.24) is 0 Å². The number of nitrogens with one attached hydrogen (secondary N) is 1. The molecule has 74 valence electrons. The lowest BCUT2D eigenvalue weighted by Crippen LogP contribution is -2.24. The normalized spacial score (nSPS) is 20.0. The van der Waals surface area contributed by atoms with Gasteiger partial charge in [0.2, 0.25) is 0 Å². The largest absolute Gasteiger partial charge is 0.368 e. The first-order valence-corrected chi connectivity index (χ1v) is 4.80. The van der Waals surface area contributed by atoms with Gasteiger partial charge < -0.3 is 10.4 Å². The molecule has 1 heterocycles. The molecule has 1 aliphatic heterocycles. The number of rotatable bonds is 1. The van der Waals surface area contributed by atoms with Crippen LogP contribution in [0.3, 0.4) is 0 Å². The predicted octanol–water partition coefficient (Wildman–Crippen LogP) is 2.16. The molecule has 1 aromatic rings. The van der Waals surface area contributed by atoms with Gasteiger partial charge in [-0.15, -0.1) is 0 Å². The Labute approximate surface area is 83.5 Å². The predicted molar refractivity (Wildman–Crippen MR) is 57.3 cm³/mol. The Morgan fingerprint density at radius 3 is 2.79 bits per heavy atom. The van der Waals surface area contributed by atoms with Crippen LogP contribution in [0.4, 0.5) is 5.69 Å². The fraction of sp³-hybridized carbons (Fsp3) is 0.364. The molecule has 0 fully saturated rings. The average Bonchev–Trinajstić information content (AvgIpc) is 2.17. The Bertz CT molecular complexity index is 371. The molecule has 0 aliphatic carbocycles. The molecule has 1 aromatic carbocycles. The molecular formula is C11H14N2O. The summed E-state index contributed by atoms with van der Waals surface area (Å²) in [5.74, 6) is 1.15. The van der Waals surface area contributed by atoms with Crippen LogP contribution in [0.5, 0.6) is 0 Å². The van der Waals surface area contributed by atoms with E-state index in [0.717, 1.165) is 17.1 Å². The summed E-state index contributed by atoms with van der Waals surface area (Å²) in [5.41, 5.74) is 1.80. The summed E-state index contributed by atoms with van der Waals surface area (Å²) >= 11 is 0. The van der Waals surface area contributed by atoms with Gasteiger partial charge >= 0.3 is 0 Å². The summed E-state index contributed by atoms with van der Waals surface area (Å²) in [6.45, 7) is 4.10. The van der Waals surface area contributed by atoms with Crippen LogP contribution in [0.15, 0.2) is 29.3 Å². The molecule has 0 amide bonds. The molecule has 2 N–H and O–H groups in total. The zero-order valence-corrected chi connectivity index (χ0v) is 8.36. The Kier molecular flexibility index (Phi) is 2.25. The van der Waals surface area contributed by atoms with Crippen molar-refractivity contribution in [2.24, 2.45) is 10.9 Å². The minimum Gasteiger partial charge on any atom is -0.368 e. The molecule has 1 aliphatic rings. The summed E-state index contributed by atoms with van der Waals surface area (Å²) in [7, 11) is 0. The average molecular weight is 190 g/mol. The van der Waals surface area contributed by atoms with Crippen molar-refractivity contribution in [3.63, 3.8) is 0 Å². The number of amidine groups is 1. The highest BCUT2D eigenvalue weighted by Crippen LogP contribution is 2.28. The summed E-state index contributed by atoms with van der Waals surface area (Å²) in [5, 5.41) is 13.0.